The van der Waals surface area contributed by atoms with Gasteiger partial charge in [0.25, 0.3) is 0 Å². The van der Waals surface area contributed by atoms with Crippen LogP contribution in [-0.4, -0.2) is 27.3 Å². The van der Waals surface area contributed by atoms with E-state index < -0.39 is 0 Å². The number of aryl methyl sites for hydroxylation is 2. The van der Waals surface area contributed by atoms with Gasteiger partial charge < -0.3 is 14.4 Å². The Bertz CT molecular complexity index is 753. The molecule has 1 saturated carbocycles. The summed E-state index contributed by atoms with van der Waals surface area (Å²) in [5, 5.41) is 7.81. The topological polar surface area (TPSA) is 73.0 Å². The summed E-state index contributed by atoms with van der Waals surface area (Å²) in [7, 11) is 0. The van der Waals surface area contributed by atoms with Gasteiger partial charge in [0.2, 0.25) is 11.4 Å². The molecule has 6 heteroatoms. The first kappa shape index (κ1) is 15.6. The summed E-state index contributed by atoms with van der Waals surface area (Å²) >= 11 is 0. The Kier molecular flexibility index (Phi) is 4.22. The van der Waals surface area contributed by atoms with Gasteiger partial charge >= 0.3 is 0 Å². The van der Waals surface area contributed by atoms with Gasteiger partial charge in [-0.1, -0.05) is 24.1 Å². The highest BCUT2D eigenvalue weighted by Gasteiger charge is 2.49. The van der Waals surface area contributed by atoms with E-state index in [4.69, 9.17) is 9.51 Å². The first-order valence-corrected chi connectivity index (χ1v) is 9.00. The van der Waals surface area contributed by atoms with E-state index in [1.165, 1.54) is 19.3 Å². The Labute approximate surface area is 141 Å². The molecule has 1 aliphatic heterocycles. The van der Waals surface area contributed by atoms with Crippen molar-refractivity contribution < 1.29 is 4.52 Å². The first-order chi connectivity index (χ1) is 11.8. The number of fused-ring (bicyclic) bond motifs is 1. The number of hydrogen-bond acceptors (Lipinski definition) is 5. The van der Waals surface area contributed by atoms with Crippen molar-refractivity contribution >= 4 is 0 Å². The summed E-state index contributed by atoms with van der Waals surface area (Å²) in [5.41, 5.74) is 0.0899. The van der Waals surface area contributed by atoms with Crippen molar-refractivity contribution in [2.75, 3.05) is 6.54 Å². The third kappa shape index (κ3) is 2.79. The van der Waals surface area contributed by atoms with Crippen LogP contribution < -0.4 is 10.9 Å². The lowest BCUT2D eigenvalue weighted by Gasteiger charge is -2.35. The third-order valence-corrected chi connectivity index (χ3v) is 5.59. The average molecular weight is 328 g/mol. The molecule has 0 bridgehead atoms. The minimum atomic E-state index is 0.0345. The summed E-state index contributed by atoms with van der Waals surface area (Å²) in [6, 6.07) is 5.72. The second-order valence-corrected chi connectivity index (χ2v) is 7.01. The largest absolute Gasteiger partial charge is 0.339 e. The van der Waals surface area contributed by atoms with Crippen molar-refractivity contribution in [1.82, 2.24) is 20.0 Å². The predicted molar refractivity (Wildman–Crippen MR) is 89.9 cm³/mol. The Morgan fingerprint density at radius 2 is 2.29 bits per heavy atom. The minimum Gasteiger partial charge on any atom is -0.339 e. The van der Waals surface area contributed by atoms with Crippen molar-refractivity contribution in [2.24, 2.45) is 0 Å². The maximum atomic E-state index is 11.7. The number of nitrogens with one attached hydrogen (secondary N) is 1. The van der Waals surface area contributed by atoms with E-state index >= 15 is 0 Å². The van der Waals surface area contributed by atoms with E-state index in [9.17, 15) is 4.79 Å². The summed E-state index contributed by atoms with van der Waals surface area (Å²) in [4.78, 5) is 16.4. The normalized spacial score (nSPS) is 26.4. The van der Waals surface area contributed by atoms with E-state index in [0.717, 1.165) is 43.9 Å². The number of hydrogen-bond donors (Lipinski definition) is 1. The Balaban J connectivity index is 1.42. The van der Waals surface area contributed by atoms with Gasteiger partial charge in [0.05, 0.1) is 5.41 Å². The van der Waals surface area contributed by atoms with Crippen LogP contribution in [0.1, 0.15) is 50.2 Å². The van der Waals surface area contributed by atoms with E-state index in [2.05, 4.69) is 10.5 Å². The van der Waals surface area contributed by atoms with Crippen LogP contribution in [0, 0.1) is 0 Å². The van der Waals surface area contributed by atoms with Gasteiger partial charge in [-0.05, 0) is 38.3 Å². The molecule has 1 aliphatic carbocycles. The Morgan fingerprint density at radius 1 is 1.33 bits per heavy atom. The molecule has 3 heterocycles. The summed E-state index contributed by atoms with van der Waals surface area (Å²) in [6.07, 6.45) is 9.36. The van der Waals surface area contributed by atoms with Crippen LogP contribution in [0.4, 0.5) is 0 Å². The van der Waals surface area contributed by atoms with Crippen LogP contribution in [-0.2, 0) is 18.4 Å². The average Bonchev–Trinajstić information content (AvgIpc) is 3.24. The fourth-order valence-corrected chi connectivity index (χ4v) is 4.28. The molecule has 24 heavy (non-hydrogen) atoms. The summed E-state index contributed by atoms with van der Waals surface area (Å²) < 4.78 is 7.39. The van der Waals surface area contributed by atoms with Gasteiger partial charge in [-0.25, -0.2) is 0 Å². The van der Waals surface area contributed by atoms with E-state index in [1.54, 1.807) is 16.7 Å². The van der Waals surface area contributed by atoms with Crippen molar-refractivity contribution in [3.63, 3.8) is 0 Å². The van der Waals surface area contributed by atoms with Crippen LogP contribution >= 0.6 is 0 Å². The van der Waals surface area contributed by atoms with Gasteiger partial charge in [-0.2, -0.15) is 4.98 Å². The Hall–Kier alpha value is -1.95. The van der Waals surface area contributed by atoms with E-state index in [-0.39, 0.29) is 11.0 Å². The van der Waals surface area contributed by atoms with Crippen LogP contribution in [0.2, 0.25) is 0 Å². The highest BCUT2D eigenvalue weighted by Crippen LogP contribution is 2.44. The molecule has 0 amide bonds. The zero-order chi connectivity index (χ0) is 16.4. The Morgan fingerprint density at radius 3 is 3.21 bits per heavy atom. The fraction of sp³-hybridized carbons (Fsp3) is 0.611. The summed E-state index contributed by atoms with van der Waals surface area (Å²) in [5.74, 6) is 1.59. The predicted octanol–water partition coefficient (Wildman–Crippen LogP) is 2.04. The first-order valence-electron chi connectivity index (χ1n) is 9.00. The molecule has 0 unspecified atom stereocenters. The lowest BCUT2D eigenvalue weighted by molar-refractivity contribution is 0.199. The lowest BCUT2D eigenvalue weighted by Crippen LogP contribution is -2.43. The van der Waals surface area contributed by atoms with Gasteiger partial charge in [0.1, 0.15) is 0 Å². The highest BCUT2D eigenvalue weighted by molar-refractivity contribution is 5.16. The van der Waals surface area contributed by atoms with Crippen molar-refractivity contribution in [3.8, 4) is 0 Å². The molecule has 2 aromatic heterocycles. The number of aromatic nitrogens is 3. The molecule has 0 radical (unpaired) electrons. The molecule has 2 aliphatic rings. The molecule has 0 aromatic carbocycles. The van der Waals surface area contributed by atoms with Crippen molar-refractivity contribution in [2.45, 2.75) is 62.9 Å². The molecule has 0 spiro atoms. The second kappa shape index (κ2) is 6.51. The molecule has 1 N–H and O–H groups in total. The van der Waals surface area contributed by atoms with Gasteiger partial charge in [0.15, 0.2) is 5.82 Å². The van der Waals surface area contributed by atoms with Gasteiger partial charge in [-0.3, -0.25) is 4.79 Å². The molecule has 2 aromatic rings. The minimum absolute atomic E-state index is 0.0345. The molecule has 2 atom stereocenters. The third-order valence-electron chi connectivity index (χ3n) is 5.59. The van der Waals surface area contributed by atoms with E-state index in [0.29, 0.717) is 12.6 Å². The number of pyridine rings is 1. The smallest absolute Gasteiger partial charge is 0.250 e. The van der Waals surface area contributed by atoms with Crippen LogP contribution in [0.5, 0.6) is 0 Å². The van der Waals surface area contributed by atoms with Crippen molar-refractivity contribution in [3.05, 3.63) is 46.5 Å². The molecular weight excluding hydrogens is 304 g/mol. The molecule has 2 fully saturated rings. The molecular formula is C18H24N4O2. The summed E-state index contributed by atoms with van der Waals surface area (Å²) in [6.45, 7) is 1.72. The quantitative estimate of drug-likeness (QED) is 0.909. The lowest BCUT2D eigenvalue weighted by atomic mass is 9.70. The standard InChI is InChI=1S/C18H24N4O2/c23-16-8-2-4-12-22(16)13-5-7-15-20-17(24-21-15)18-9-3-1-6-14(18)19-11-10-18/h2,4,8,12,14,19H,1,3,5-7,9-11,13H2/t14-,18+/m0/s1. The van der Waals surface area contributed by atoms with Crippen molar-refractivity contribution in [1.29, 1.82) is 0 Å². The zero-order valence-corrected chi connectivity index (χ0v) is 13.9. The SMILES string of the molecule is O=c1ccccn1CCCc1noc([C@@]23CCCC[C@@H]2NCC3)n1. The fourth-order valence-electron chi connectivity index (χ4n) is 4.28. The highest BCUT2D eigenvalue weighted by atomic mass is 16.5. The zero-order valence-electron chi connectivity index (χ0n) is 13.9. The molecule has 128 valence electrons. The maximum Gasteiger partial charge on any atom is 0.250 e. The van der Waals surface area contributed by atoms with Crippen LogP contribution in [0.25, 0.3) is 0 Å². The number of rotatable bonds is 5. The maximum absolute atomic E-state index is 11.7. The van der Waals surface area contributed by atoms with Crippen LogP contribution in [0.15, 0.2) is 33.7 Å². The number of nitrogens with zero attached hydrogens (tertiary/aromatic N) is 3. The van der Waals surface area contributed by atoms with Crippen LogP contribution in [0.3, 0.4) is 0 Å². The monoisotopic (exact) mass is 328 g/mol. The van der Waals surface area contributed by atoms with E-state index in [1.807, 2.05) is 12.3 Å². The molecule has 4 rings (SSSR count). The second-order valence-electron chi connectivity index (χ2n) is 7.01. The molecule has 1 saturated heterocycles. The van der Waals surface area contributed by atoms with Gasteiger partial charge in [-0.15, -0.1) is 0 Å². The van der Waals surface area contributed by atoms with Gasteiger partial charge in [0, 0.05) is 31.3 Å². The molecule has 6 nitrogen and oxygen atoms in total.